The number of ether oxygens (including phenoxy) is 1. The van der Waals surface area contributed by atoms with Crippen LogP contribution in [-0.2, 0) is 4.74 Å². The maximum absolute atomic E-state index is 5.25. The second-order valence-corrected chi connectivity index (χ2v) is 5.93. The van der Waals surface area contributed by atoms with Gasteiger partial charge < -0.3 is 19.9 Å². The number of likely N-dealkylation sites (tertiary alicyclic amines) is 2. The summed E-state index contributed by atoms with van der Waals surface area (Å²) < 4.78 is 5.25. The van der Waals surface area contributed by atoms with Crippen molar-refractivity contribution in [3.8, 4) is 0 Å². The van der Waals surface area contributed by atoms with Gasteiger partial charge in [0.2, 0.25) is 0 Å². The van der Waals surface area contributed by atoms with Crippen molar-refractivity contribution >= 4 is 29.9 Å². The monoisotopic (exact) mass is 410 g/mol. The predicted molar refractivity (Wildman–Crippen MR) is 98.6 cm³/mol. The zero-order valence-electron chi connectivity index (χ0n) is 13.5. The molecule has 5 nitrogen and oxygen atoms in total. The fourth-order valence-electron chi connectivity index (χ4n) is 3.24. The molecule has 0 aliphatic carbocycles. The van der Waals surface area contributed by atoms with Gasteiger partial charge in [-0.1, -0.05) is 0 Å². The lowest BCUT2D eigenvalue weighted by atomic mass is 10.1. The van der Waals surface area contributed by atoms with E-state index in [4.69, 9.17) is 4.74 Å². The summed E-state index contributed by atoms with van der Waals surface area (Å²) in [6.07, 6.45) is 5.17. The Labute approximate surface area is 146 Å². The zero-order valence-corrected chi connectivity index (χ0v) is 15.8. The highest BCUT2D eigenvalue weighted by atomic mass is 127. The standard InChI is InChI=1S/C15H30N4O.HI/c1-16-15(19-11-6-14(12-19)13-20-2)17-7-5-10-18-8-3-4-9-18;/h14H,3-13H2,1-2H3,(H,16,17);1H. The molecule has 1 N–H and O–H groups in total. The number of hydrogen-bond acceptors (Lipinski definition) is 3. The highest BCUT2D eigenvalue weighted by Gasteiger charge is 2.24. The van der Waals surface area contributed by atoms with Gasteiger partial charge in [0.1, 0.15) is 0 Å². The summed E-state index contributed by atoms with van der Waals surface area (Å²) in [5.41, 5.74) is 0. The van der Waals surface area contributed by atoms with Crippen molar-refractivity contribution in [1.82, 2.24) is 15.1 Å². The van der Waals surface area contributed by atoms with Crippen LogP contribution in [0.25, 0.3) is 0 Å². The molecule has 0 radical (unpaired) electrons. The molecule has 2 saturated heterocycles. The summed E-state index contributed by atoms with van der Waals surface area (Å²) >= 11 is 0. The fourth-order valence-corrected chi connectivity index (χ4v) is 3.24. The van der Waals surface area contributed by atoms with Crippen LogP contribution in [0.2, 0.25) is 0 Å². The van der Waals surface area contributed by atoms with E-state index < -0.39 is 0 Å². The van der Waals surface area contributed by atoms with Gasteiger partial charge >= 0.3 is 0 Å². The molecular weight excluding hydrogens is 379 g/mol. The summed E-state index contributed by atoms with van der Waals surface area (Å²) in [6.45, 7) is 7.85. The number of aliphatic imine (C=N–C) groups is 1. The first kappa shape index (κ1) is 19.0. The van der Waals surface area contributed by atoms with Gasteiger partial charge in [-0.3, -0.25) is 4.99 Å². The Morgan fingerprint density at radius 3 is 2.71 bits per heavy atom. The van der Waals surface area contributed by atoms with Crippen LogP contribution in [0.5, 0.6) is 0 Å². The van der Waals surface area contributed by atoms with Crippen LogP contribution < -0.4 is 5.32 Å². The average molecular weight is 410 g/mol. The minimum absolute atomic E-state index is 0. The van der Waals surface area contributed by atoms with Gasteiger partial charge in [0.25, 0.3) is 0 Å². The summed E-state index contributed by atoms with van der Waals surface area (Å²) in [5, 5.41) is 3.51. The van der Waals surface area contributed by atoms with Gasteiger partial charge in [-0.05, 0) is 45.3 Å². The highest BCUT2D eigenvalue weighted by Crippen LogP contribution is 2.16. The number of nitrogens with zero attached hydrogens (tertiary/aromatic N) is 3. The van der Waals surface area contributed by atoms with Gasteiger partial charge in [-0.15, -0.1) is 24.0 Å². The first-order valence-corrected chi connectivity index (χ1v) is 8.00. The van der Waals surface area contributed by atoms with Crippen LogP contribution in [0.4, 0.5) is 0 Å². The second-order valence-electron chi connectivity index (χ2n) is 5.93. The molecule has 124 valence electrons. The number of halogens is 1. The predicted octanol–water partition coefficient (Wildman–Crippen LogP) is 1.63. The van der Waals surface area contributed by atoms with Crippen molar-refractivity contribution in [2.24, 2.45) is 10.9 Å². The molecule has 2 rings (SSSR count). The minimum atomic E-state index is 0. The third-order valence-corrected chi connectivity index (χ3v) is 4.33. The molecule has 0 aromatic rings. The van der Waals surface area contributed by atoms with Crippen molar-refractivity contribution in [3.05, 3.63) is 0 Å². The van der Waals surface area contributed by atoms with E-state index in [0.717, 1.165) is 32.2 Å². The molecule has 0 aromatic carbocycles. The Hall–Kier alpha value is -0.0800. The first-order valence-electron chi connectivity index (χ1n) is 8.00. The summed E-state index contributed by atoms with van der Waals surface area (Å²) in [5.74, 6) is 1.72. The van der Waals surface area contributed by atoms with E-state index in [1.807, 2.05) is 7.05 Å². The smallest absolute Gasteiger partial charge is 0.193 e. The van der Waals surface area contributed by atoms with Crippen LogP contribution in [-0.4, -0.2) is 75.8 Å². The molecule has 2 fully saturated rings. The van der Waals surface area contributed by atoms with Crippen molar-refractivity contribution < 1.29 is 4.74 Å². The number of hydrogen-bond donors (Lipinski definition) is 1. The maximum Gasteiger partial charge on any atom is 0.193 e. The summed E-state index contributed by atoms with van der Waals surface area (Å²) in [4.78, 5) is 9.34. The second kappa shape index (κ2) is 10.6. The number of methoxy groups -OCH3 is 1. The Balaban J connectivity index is 0.00000220. The van der Waals surface area contributed by atoms with Crippen LogP contribution in [0.1, 0.15) is 25.7 Å². The number of rotatable bonds is 6. The van der Waals surface area contributed by atoms with Crippen molar-refractivity contribution in [1.29, 1.82) is 0 Å². The SMILES string of the molecule is CN=C(NCCCN1CCCC1)N1CCC(COC)C1.I. The van der Waals surface area contributed by atoms with Gasteiger partial charge in [-0.25, -0.2) is 0 Å². The molecule has 2 aliphatic rings. The molecule has 1 atom stereocenters. The normalized spacial score (nSPS) is 23.4. The Bertz CT molecular complexity index is 308. The van der Waals surface area contributed by atoms with E-state index in [0.29, 0.717) is 5.92 Å². The van der Waals surface area contributed by atoms with E-state index in [9.17, 15) is 0 Å². The van der Waals surface area contributed by atoms with Crippen LogP contribution in [0, 0.1) is 5.92 Å². The third-order valence-electron chi connectivity index (χ3n) is 4.33. The summed E-state index contributed by atoms with van der Waals surface area (Å²) in [7, 11) is 3.67. The van der Waals surface area contributed by atoms with E-state index in [-0.39, 0.29) is 24.0 Å². The molecule has 6 heteroatoms. The molecule has 0 aromatic heterocycles. The van der Waals surface area contributed by atoms with Crippen LogP contribution in [0.15, 0.2) is 4.99 Å². The highest BCUT2D eigenvalue weighted by molar-refractivity contribution is 14.0. The molecule has 2 aliphatic heterocycles. The van der Waals surface area contributed by atoms with E-state index in [1.165, 1.54) is 45.3 Å². The molecule has 21 heavy (non-hydrogen) atoms. The molecule has 1 unspecified atom stereocenters. The topological polar surface area (TPSA) is 40.1 Å². The van der Waals surface area contributed by atoms with Gasteiger partial charge in [0.15, 0.2) is 5.96 Å². The minimum Gasteiger partial charge on any atom is -0.384 e. The molecule has 0 spiro atoms. The number of guanidine groups is 1. The molecule has 2 heterocycles. The van der Waals surface area contributed by atoms with Crippen LogP contribution in [0.3, 0.4) is 0 Å². The fraction of sp³-hybridized carbons (Fsp3) is 0.933. The van der Waals surface area contributed by atoms with Crippen LogP contribution >= 0.6 is 24.0 Å². The van der Waals surface area contributed by atoms with Crippen molar-refractivity contribution in [2.45, 2.75) is 25.7 Å². The summed E-state index contributed by atoms with van der Waals surface area (Å²) in [6, 6.07) is 0. The molecular formula is C15H31IN4O. The molecule has 0 bridgehead atoms. The lowest BCUT2D eigenvalue weighted by molar-refractivity contribution is 0.157. The van der Waals surface area contributed by atoms with E-state index >= 15 is 0 Å². The van der Waals surface area contributed by atoms with Crippen molar-refractivity contribution in [3.63, 3.8) is 0 Å². The van der Waals surface area contributed by atoms with E-state index in [1.54, 1.807) is 7.11 Å². The van der Waals surface area contributed by atoms with Gasteiger partial charge in [-0.2, -0.15) is 0 Å². The Morgan fingerprint density at radius 2 is 2.05 bits per heavy atom. The Morgan fingerprint density at radius 1 is 1.29 bits per heavy atom. The van der Waals surface area contributed by atoms with Gasteiger partial charge in [0.05, 0.1) is 6.61 Å². The Kier molecular flexibility index (Phi) is 9.59. The lowest BCUT2D eigenvalue weighted by Gasteiger charge is -2.22. The molecule has 0 saturated carbocycles. The number of nitrogens with one attached hydrogen (secondary N) is 1. The largest absolute Gasteiger partial charge is 0.384 e. The first-order chi connectivity index (χ1) is 9.83. The van der Waals surface area contributed by atoms with Crippen molar-refractivity contribution in [2.75, 3.05) is 60.0 Å². The average Bonchev–Trinajstić information content (AvgIpc) is 3.11. The zero-order chi connectivity index (χ0) is 14.2. The van der Waals surface area contributed by atoms with E-state index in [2.05, 4.69) is 20.1 Å². The third kappa shape index (κ3) is 6.28. The lowest BCUT2D eigenvalue weighted by Crippen LogP contribution is -2.41. The molecule has 0 amide bonds. The van der Waals surface area contributed by atoms with Gasteiger partial charge in [0, 0.05) is 39.7 Å². The maximum atomic E-state index is 5.25. The quantitative estimate of drug-likeness (QED) is 0.313.